The molecule has 2 N–H and O–H groups in total. The predicted molar refractivity (Wildman–Crippen MR) is 74.4 cm³/mol. The molecule has 0 saturated heterocycles. The molecule has 0 aliphatic heterocycles. The van der Waals surface area contributed by atoms with E-state index in [0.717, 1.165) is 19.3 Å². The second-order valence-electron chi connectivity index (χ2n) is 5.19. The molecule has 0 aromatic rings. The van der Waals surface area contributed by atoms with Gasteiger partial charge in [0.15, 0.2) is 0 Å². The predicted octanol–water partition coefficient (Wildman–Crippen LogP) is 1.88. The molecular formula is C13H27NO3S. The number of rotatable bonds is 8. The molecule has 0 amide bonds. The average molecular weight is 277 g/mol. The number of hydrogen-bond acceptors (Lipinski definition) is 4. The Kier molecular flexibility index (Phi) is 6.08. The minimum absolute atomic E-state index is 0.0352. The Labute approximate surface area is 111 Å². The first-order valence-corrected chi connectivity index (χ1v) is 8.88. The summed E-state index contributed by atoms with van der Waals surface area (Å²) >= 11 is 0. The third-order valence-electron chi connectivity index (χ3n) is 3.97. The highest BCUT2D eigenvalue weighted by Crippen LogP contribution is 2.36. The minimum atomic E-state index is -2.87. The zero-order valence-corrected chi connectivity index (χ0v) is 12.5. The Morgan fingerprint density at radius 3 is 2.39 bits per heavy atom. The summed E-state index contributed by atoms with van der Waals surface area (Å²) in [6.07, 6.45) is 5.75. The summed E-state index contributed by atoms with van der Waals surface area (Å²) in [6, 6.07) is -0.0352. The van der Waals surface area contributed by atoms with Gasteiger partial charge in [-0.3, -0.25) is 0 Å². The highest BCUT2D eigenvalue weighted by atomic mass is 32.2. The zero-order valence-electron chi connectivity index (χ0n) is 11.7. The van der Waals surface area contributed by atoms with Crippen molar-refractivity contribution in [1.29, 1.82) is 0 Å². The second-order valence-corrected chi connectivity index (χ2v) is 7.66. The van der Waals surface area contributed by atoms with Crippen LogP contribution >= 0.6 is 0 Å². The van der Waals surface area contributed by atoms with Crippen LogP contribution in [-0.2, 0) is 14.6 Å². The Morgan fingerprint density at radius 1 is 1.28 bits per heavy atom. The molecule has 0 aromatic carbocycles. The fourth-order valence-electron chi connectivity index (χ4n) is 2.81. The summed E-state index contributed by atoms with van der Waals surface area (Å²) in [6.45, 7) is 4.36. The molecule has 0 radical (unpaired) electrons. The van der Waals surface area contributed by atoms with E-state index in [1.807, 2.05) is 6.92 Å². The molecule has 5 heteroatoms. The molecule has 18 heavy (non-hydrogen) atoms. The highest BCUT2D eigenvalue weighted by Gasteiger charge is 2.39. The molecule has 0 bridgehead atoms. The van der Waals surface area contributed by atoms with Crippen molar-refractivity contribution in [3.63, 3.8) is 0 Å². The van der Waals surface area contributed by atoms with Crippen LogP contribution < -0.4 is 5.73 Å². The number of nitrogens with two attached hydrogens (primary N) is 1. The smallest absolute Gasteiger partial charge is 0.150 e. The van der Waals surface area contributed by atoms with Crippen LogP contribution in [0.2, 0.25) is 0 Å². The average Bonchev–Trinajstić information content (AvgIpc) is 2.79. The van der Waals surface area contributed by atoms with E-state index >= 15 is 0 Å². The SMILES string of the molecule is CCOC1(C(N)CCCS(=O)(=O)CC)CCCC1. The van der Waals surface area contributed by atoms with Gasteiger partial charge in [-0.1, -0.05) is 19.8 Å². The van der Waals surface area contributed by atoms with Crippen LogP contribution in [0.15, 0.2) is 0 Å². The molecule has 0 heterocycles. The maximum atomic E-state index is 11.4. The monoisotopic (exact) mass is 277 g/mol. The van der Waals surface area contributed by atoms with E-state index in [2.05, 4.69) is 0 Å². The Bertz CT molecular complexity index is 334. The standard InChI is InChI=1S/C13H27NO3S/c1-3-17-13(9-5-6-10-13)12(14)8-7-11-18(15,16)4-2/h12H,3-11,14H2,1-2H3. The summed E-state index contributed by atoms with van der Waals surface area (Å²) in [5.74, 6) is 0.470. The molecule has 1 rings (SSSR count). The van der Waals surface area contributed by atoms with Crippen LogP contribution in [0.5, 0.6) is 0 Å². The zero-order chi connectivity index (χ0) is 13.6. The first kappa shape index (κ1) is 15.9. The minimum Gasteiger partial charge on any atom is -0.374 e. The van der Waals surface area contributed by atoms with E-state index < -0.39 is 9.84 Å². The van der Waals surface area contributed by atoms with Crippen LogP contribution in [-0.4, -0.2) is 38.2 Å². The Hall–Kier alpha value is -0.130. The van der Waals surface area contributed by atoms with E-state index in [1.165, 1.54) is 12.8 Å². The lowest BCUT2D eigenvalue weighted by molar-refractivity contribution is -0.0543. The maximum Gasteiger partial charge on any atom is 0.150 e. The summed E-state index contributed by atoms with van der Waals surface area (Å²) < 4.78 is 28.8. The molecule has 0 aromatic heterocycles. The van der Waals surface area contributed by atoms with E-state index in [1.54, 1.807) is 6.92 Å². The third kappa shape index (κ3) is 4.21. The van der Waals surface area contributed by atoms with E-state index in [0.29, 0.717) is 13.0 Å². The second kappa shape index (κ2) is 6.87. The van der Waals surface area contributed by atoms with Crippen molar-refractivity contribution in [2.24, 2.45) is 5.73 Å². The molecule has 1 saturated carbocycles. The van der Waals surface area contributed by atoms with Gasteiger partial charge in [0.25, 0.3) is 0 Å². The Balaban J connectivity index is 2.45. The lowest BCUT2D eigenvalue weighted by atomic mass is 9.89. The summed E-state index contributed by atoms with van der Waals surface area (Å²) in [7, 11) is -2.87. The lowest BCUT2D eigenvalue weighted by Gasteiger charge is -2.35. The summed E-state index contributed by atoms with van der Waals surface area (Å²) in [5, 5.41) is 0. The largest absolute Gasteiger partial charge is 0.374 e. The van der Waals surface area contributed by atoms with Gasteiger partial charge in [0.05, 0.1) is 11.4 Å². The fraction of sp³-hybridized carbons (Fsp3) is 1.00. The van der Waals surface area contributed by atoms with Crippen molar-refractivity contribution in [2.45, 2.75) is 64.0 Å². The lowest BCUT2D eigenvalue weighted by Crippen LogP contribution is -2.48. The number of hydrogen-bond donors (Lipinski definition) is 1. The van der Waals surface area contributed by atoms with Gasteiger partial charge in [-0.2, -0.15) is 0 Å². The molecule has 1 fully saturated rings. The molecule has 1 aliphatic rings. The van der Waals surface area contributed by atoms with Gasteiger partial charge in [-0.25, -0.2) is 8.42 Å². The van der Waals surface area contributed by atoms with Crippen molar-refractivity contribution < 1.29 is 13.2 Å². The topological polar surface area (TPSA) is 69.4 Å². The Morgan fingerprint density at radius 2 is 1.89 bits per heavy atom. The van der Waals surface area contributed by atoms with Gasteiger partial charge in [0.1, 0.15) is 9.84 Å². The van der Waals surface area contributed by atoms with Crippen LogP contribution in [0.1, 0.15) is 52.4 Å². The van der Waals surface area contributed by atoms with Gasteiger partial charge in [-0.05, 0) is 32.6 Å². The quantitative estimate of drug-likeness (QED) is 0.735. The molecule has 1 aliphatic carbocycles. The highest BCUT2D eigenvalue weighted by molar-refractivity contribution is 7.91. The first-order valence-electron chi connectivity index (χ1n) is 7.06. The molecule has 1 atom stereocenters. The van der Waals surface area contributed by atoms with E-state index in [9.17, 15) is 8.42 Å². The normalized spacial score (nSPS) is 21.1. The van der Waals surface area contributed by atoms with E-state index in [4.69, 9.17) is 10.5 Å². The van der Waals surface area contributed by atoms with Crippen LogP contribution in [0, 0.1) is 0 Å². The van der Waals surface area contributed by atoms with E-state index in [-0.39, 0.29) is 23.1 Å². The molecule has 1 unspecified atom stereocenters. The van der Waals surface area contributed by atoms with Crippen molar-refractivity contribution in [2.75, 3.05) is 18.1 Å². The van der Waals surface area contributed by atoms with Gasteiger partial charge >= 0.3 is 0 Å². The van der Waals surface area contributed by atoms with Crippen LogP contribution in [0.25, 0.3) is 0 Å². The molecule has 0 spiro atoms. The number of ether oxygens (including phenoxy) is 1. The van der Waals surface area contributed by atoms with Crippen LogP contribution in [0.4, 0.5) is 0 Å². The summed E-state index contributed by atoms with van der Waals surface area (Å²) in [5.41, 5.74) is 6.06. The molecule has 4 nitrogen and oxygen atoms in total. The molecular weight excluding hydrogens is 250 g/mol. The maximum absolute atomic E-state index is 11.4. The van der Waals surface area contributed by atoms with Crippen LogP contribution in [0.3, 0.4) is 0 Å². The first-order chi connectivity index (χ1) is 8.46. The van der Waals surface area contributed by atoms with Crippen molar-refractivity contribution in [3.05, 3.63) is 0 Å². The van der Waals surface area contributed by atoms with Crippen molar-refractivity contribution >= 4 is 9.84 Å². The van der Waals surface area contributed by atoms with Gasteiger partial charge < -0.3 is 10.5 Å². The number of sulfone groups is 1. The van der Waals surface area contributed by atoms with Crippen molar-refractivity contribution in [3.8, 4) is 0 Å². The fourth-order valence-corrected chi connectivity index (χ4v) is 3.71. The van der Waals surface area contributed by atoms with Gasteiger partial charge in [-0.15, -0.1) is 0 Å². The third-order valence-corrected chi connectivity index (χ3v) is 5.76. The van der Waals surface area contributed by atoms with Crippen molar-refractivity contribution in [1.82, 2.24) is 0 Å². The summed E-state index contributed by atoms with van der Waals surface area (Å²) in [4.78, 5) is 0. The molecule has 108 valence electrons. The van der Waals surface area contributed by atoms with Gasteiger partial charge in [0, 0.05) is 18.4 Å². The van der Waals surface area contributed by atoms with Gasteiger partial charge in [0.2, 0.25) is 0 Å².